The molecule has 0 saturated carbocycles. The molecule has 152 valence electrons. The molecule has 1 aliphatic carbocycles. The molecule has 4 heterocycles. The van der Waals surface area contributed by atoms with Crippen LogP contribution in [0.15, 0.2) is 40.3 Å². The monoisotopic (exact) mass is 426 g/mol. The molecule has 1 amide bonds. The van der Waals surface area contributed by atoms with E-state index in [4.69, 9.17) is 4.42 Å². The topological polar surface area (TPSA) is 45.5 Å². The number of nitrogens with one attached hydrogen (secondary N) is 1. The molecule has 3 aromatic rings. The lowest BCUT2D eigenvalue weighted by Crippen LogP contribution is -2.34. The van der Waals surface area contributed by atoms with Crippen molar-refractivity contribution in [2.24, 2.45) is 0 Å². The first kappa shape index (κ1) is 19.1. The number of fused-ring (bicyclic) bond motifs is 1. The lowest BCUT2D eigenvalue weighted by Gasteiger charge is -2.35. The second kappa shape index (κ2) is 8.46. The number of amides is 1. The van der Waals surface area contributed by atoms with Gasteiger partial charge < -0.3 is 9.73 Å². The van der Waals surface area contributed by atoms with Gasteiger partial charge in [0, 0.05) is 15.3 Å². The van der Waals surface area contributed by atoms with Crippen molar-refractivity contribution in [2.45, 2.75) is 51.0 Å². The number of carbonyl (C=O) groups excluding carboxylic acids is 1. The van der Waals surface area contributed by atoms with Gasteiger partial charge in [-0.3, -0.25) is 9.69 Å². The molecule has 1 aliphatic heterocycles. The van der Waals surface area contributed by atoms with Crippen molar-refractivity contribution >= 4 is 33.6 Å². The third-order valence-corrected chi connectivity index (χ3v) is 8.17. The van der Waals surface area contributed by atoms with Crippen LogP contribution in [-0.2, 0) is 12.8 Å². The lowest BCUT2D eigenvalue weighted by atomic mass is 9.90. The molecule has 2 aliphatic rings. The first-order valence-electron chi connectivity index (χ1n) is 10.6. The molecule has 6 heteroatoms. The molecular formula is C23H26N2O2S2. The summed E-state index contributed by atoms with van der Waals surface area (Å²) in [4.78, 5) is 18.3. The number of likely N-dealkylation sites (tertiary alicyclic amines) is 1. The van der Waals surface area contributed by atoms with Gasteiger partial charge >= 0.3 is 0 Å². The minimum absolute atomic E-state index is 0.154. The Bertz CT molecular complexity index is 954. The van der Waals surface area contributed by atoms with Crippen LogP contribution < -0.4 is 5.32 Å². The number of hydrogen-bond donors (Lipinski definition) is 1. The summed E-state index contributed by atoms with van der Waals surface area (Å²) in [6.07, 6.45) is 10.1. The maximum atomic E-state index is 12.8. The summed E-state index contributed by atoms with van der Waals surface area (Å²) in [5, 5.41) is 6.40. The van der Waals surface area contributed by atoms with Crippen LogP contribution in [0.5, 0.6) is 0 Å². The molecule has 1 fully saturated rings. The highest BCUT2D eigenvalue weighted by Gasteiger charge is 2.33. The third kappa shape index (κ3) is 3.81. The summed E-state index contributed by atoms with van der Waals surface area (Å²) in [6.45, 7) is 2.25. The number of nitrogens with zero attached hydrogens (tertiary/aromatic N) is 1. The number of piperidine rings is 1. The number of anilines is 1. The van der Waals surface area contributed by atoms with Crippen LogP contribution in [0.2, 0.25) is 0 Å². The summed E-state index contributed by atoms with van der Waals surface area (Å²) < 4.78 is 5.34. The zero-order valence-electron chi connectivity index (χ0n) is 16.5. The van der Waals surface area contributed by atoms with Gasteiger partial charge in [-0.2, -0.15) is 0 Å². The largest absolute Gasteiger partial charge is 0.459 e. The number of aryl methyl sites for hydroxylation is 1. The van der Waals surface area contributed by atoms with Crippen molar-refractivity contribution in [1.82, 2.24) is 4.90 Å². The van der Waals surface area contributed by atoms with Gasteiger partial charge in [-0.25, -0.2) is 0 Å². The summed E-state index contributed by atoms with van der Waals surface area (Å²) in [6, 6.07) is 8.13. The van der Waals surface area contributed by atoms with E-state index < -0.39 is 0 Å². The average molecular weight is 427 g/mol. The van der Waals surface area contributed by atoms with Crippen molar-refractivity contribution in [2.75, 3.05) is 18.4 Å². The van der Waals surface area contributed by atoms with Gasteiger partial charge in [-0.1, -0.05) is 12.5 Å². The quantitative estimate of drug-likeness (QED) is 0.535. The van der Waals surface area contributed by atoms with E-state index in [2.05, 4.69) is 27.7 Å². The Morgan fingerprint density at radius 1 is 1.07 bits per heavy atom. The molecule has 1 N–H and O–H groups in total. The second-order valence-corrected chi connectivity index (χ2v) is 9.98. The standard InChI is InChI=1S/C23H26N2O2S2/c26-22(17-9-6-14-27-17)24-23-20(16-8-2-3-10-18(16)29-23)21(19-11-7-15-28-19)25-12-4-1-5-13-25/h6-7,9,11,14-15,21H,1-5,8,10,12-13H2,(H,24,26). The van der Waals surface area contributed by atoms with Gasteiger partial charge in [-0.15, -0.1) is 22.7 Å². The van der Waals surface area contributed by atoms with Crippen molar-refractivity contribution < 1.29 is 9.21 Å². The van der Waals surface area contributed by atoms with Crippen molar-refractivity contribution in [3.63, 3.8) is 0 Å². The molecule has 1 saturated heterocycles. The molecular weight excluding hydrogens is 400 g/mol. The van der Waals surface area contributed by atoms with Crippen LogP contribution in [0.25, 0.3) is 0 Å². The van der Waals surface area contributed by atoms with Crippen LogP contribution in [0.4, 0.5) is 5.00 Å². The first-order chi connectivity index (χ1) is 14.3. The Labute approximate surface area is 179 Å². The Hall–Kier alpha value is -1.89. The van der Waals surface area contributed by atoms with Crippen molar-refractivity contribution in [1.29, 1.82) is 0 Å². The Kier molecular flexibility index (Phi) is 5.57. The maximum absolute atomic E-state index is 12.8. The van der Waals surface area contributed by atoms with E-state index >= 15 is 0 Å². The fraction of sp³-hybridized carbons (Fsp3) is 0.435. The highest BCUT2D eigenvalue weighted by molar-refractivity contribution is 7.16. The van der Waals surface area contributed by atoms with Gasteiger partial charge in [-0.05, 0) is 80.8 Å². The van der Waals surface area contributed by atoms with E-state index in [1.54, 1.807) is 29.7 Å². The lowest BCUT2D eigenvalue weighted by molar-refractivity contribution is 0.0996. The van der Waals surface area contributed by atoms with Gasteiger partial charge in [0.05, 0.1) is 12.3 Å². The van der Waals surface area contributed by atoms with E-state index in [9.17, 15) is 4.79 Å². The van der Waals surface area contributed by atoms with Crippen LogP contribution in [0, 0.1) is 0 Å². The fourth-order valence-electron chi connectivity index (χ4n) is 4.67. The molecule has 1 atom stereocenters. The summed E-state index contributed by atoms with van der Waals surface area (Å²) in [5.41, 5.74) is 2.83. The highest BCUT2D eigenvalue weighted by Crippen LogP contribution is 2.46. The van der Waals surface area contributed by atoms with Crippen LogP contribution in [0.3, 0.4) is 0 Å². The zero-order valence-corrected chi connectivity index (χ0v) is 18.1. The second-order valence-electron chi connectivity index (χ2n) is 7.90. The Morgan fingerprint density at radius 3 is 2.69 bits per heavy atom. The average Bonchev–Trinajstić information content (AvgIpc) is 3.52. The summed E-state index contributed by atoms with van der Waals surface area (Å²) in [7, 11) is 0. The Balaban J connectivity index is 1.58. The van der Waals surface area contributed by atoms with Gasteiger partial charge in [0.15, 0.2) is 5.76 Å². The minimum Gasteiger partial charge on any atom is -0.459 e. The number of furan rings is 1. The zero-order chi connectivity index (χ0) is 19.6. The van der Waals surface area contributed by atoms with Crippen molar-refractivity contribution in [3.8, 4) is 0 Å². The predicted octanol–water partition coefficient (Wildman–Crippen LogP) is 6.11. The molecule has 1 unspecified atom stereocenters. The van der Waals surface area contributed by atoms with Gasteiger partial charge in [0.2, 0.25) is 0 Å². The molecule has 5 rings (SSSR count). The minimum atomic E-state index is -0.154. The fourth-order valence-corrected chi connectivity index (χ4v) is 6.86. The van der Waals surface area contributed by atoms with E-state index in [1.165, 1.54) is 53.0 Å². The number of hydrogen-bond acceptors (Lipinski definition) is 5. The molecule has 3 aromatic heterocycles. The van der Waals surface area contributed by atoms with E-state index in [1.807, 2.05) is 11.3 Å². The molecule has 0 radical (unpaired) electrons. The van der Waals surface area contributed by atoms with Gasteiger partial charge in [0.1, 0.15) is 5.00 Å². The number of rotatable bonds is 5. The molecule has 0 spiro atoms. The smallest absolute Gasteiger partial charge is 0.291 e. The van der Waals surface area contributed by atoms with Crippen molar-refractivity contribution in [3.05, 3.63) is 62.6 Å². The van der Waals surface area contributed by atoms with Crippen LogP contribution >= 0.6 is 22.7 Å². The Morgan fingerprint density at radius 2 is 1.93 bits per heavy atom. The van der Waals surface area contributed by atoms with E-state index in [0.29, 0.717) is 5.76 Å². The summed E-state index contributed by atoms with van der Waals surface area (Å²) >= 11 is 3.61. The third-order valence-electron chi connectivity index (χ3n) is 6.03. The van der Waals surface area contributed by atoms with Gasteiger partial charge in [0.25, 0.3) is 5.91 Å². The first-order valence-corrected chi connectivity index (χ1v) is 12.3. The van der Waals surface area contributed by atoms with E-state index in [-0.39, 0.29) is 11.9 Å². The van der Waals surface area contributed by atoms with Crippen LogP contribution in [0.1, 0.15) is 69.6 Å². The molecule has 4 nitrogen and oxygen atoms in total. The highest BCUT2D eigenvalue weighted by atomic mass is 32.1. The molecule has 29 heavy (non-hydrogen) atoms. The maximum Gasteiger partial charge on any atom is 0.291 e. The molecule has 0 bridgehead atoms. The van der Waals surface area contributed by atoms with E-state index in [0.717, 1.165) is 30.9 Å². The molecule has 0 aromatic carbocycles. The predicted molar refractivity (Wildman–Crippen MR) is 119 cm³/mol. The number of carbonyl (C=O) groups is 1. The number of thiophene rings is 2. The normalized spacial score (nSPS) is 18.3. The SMILES string of the molecule is O=C(Nc1sc2c(c1C(c1cccs1)N1CCCCC1)CCCC2)c1ccco1. The van der Waals surface area contributed by atoms with Crippen LogP contribution in [-0.4, -0.2) is 23.9 Å². The summed E-state index contributed by atoms with van der Waals surface area (Å²) in [5.74, 6) is 0.214.